The normalized spacial score (nSPS) is 14.2. The van der Waals surface area contributed by atoms with Crippen LogP contribution >= 0.6 is 11.6 Å². The zero-order valence-electron chi connectivity index (χ0n) is 10.2. The van der Waals surface area contributed by atoms with Gasteiger partial charge in [0.15, 0.2) is 0 Å². The van der Waals surface area contributed by atoms with Crippen molar-refractivity contribution in [3.05, 3.63) is 64.4 Å². The van der Waals surface area contributed by atoms with E-state index in [4.69, 9.17) is 11.6 Å². The first kappa shape index (κ1) is 13.9. The van der Waals surface area contributed by atoms with E-state index in [1.165, 1.54) is 37.4 Å². The molecule has 0 saturated carbocycles. The van der Waals surface area contributed by atoms with Crippen molar-refractivity contribution in [3.8, 4) is 0 Å². The Kier molecular flexibility index (Phi) is 3.83. The van der Waals surface area contributed by atoms with Gasteiger partial charge in [0.1, 0.15) is 11.6 Å². The molecule has 0 aliphatic carbocycles. The van der Waals surface area contributed by atoms with Crippen LogP contribution in [0.5, 0.6) is 0 Å². The van der Waals surface area contributed by atoms with Crippen LogP contribution in [0.2, 0.25) is 5.02 Å². The van der Waals surface area contributed by atoms with Crippen LogP contribution in [0.15, 0.2) is 36.7 Å². The van der Waals surface area contributed by atoms with Crippen LogP contribution in [-0.4, -0.2) is 10.1 Å². The van der Waals surface area contributed by atoms with Crippen molar-refractivity contribution < 1.29 is 13.9 Å². The summed E-state index contributed by atoms with van der Waals surface area (Å²) in [6.45, 7) is 1.53. The van der Waals surface area contributed by atoms with Gasteiger partial charge in [0, 0.05) is 23.2 Å². The maximum atomic E-state index is 13.1. The van der Waals surface area contributed by atoms with Crippen molar-refractivity contribution >= 4 is 11.6 Å². The Bertz CT molecular complexity index is 602. The lowest BCUT2D eigenvalue weighted by molar-refractivity contribution is 0.0569. The van der Waals surface area contributed by atoms with E-state index >= 15 is 0 Å². The van der Waals surface area contributed by atoms with Gasteiger partial charge < -0.3 is 5.11 Å². The number of benzene rings is 1. The number of hydrogen-bond donors (Lipinski definition) is 1. The molecule has 2 rings (SSSR count). The van der Waals surface area contributed by atoms with Gasteiger partial charge in [-0.1, -0.05) is 17.7 Å². The van der Waals surface area contributed by atoms with E-state index in [1.54, 1.807) is 0 Å². The van der Waals surface area contributed by atoms with E-state index in [2.05, 4.69) is 4.98 Å². The highest BCUT2D eigenvalue weighted by Gasteiger charge is 2.25. The molecule has 0 aliphatic rings. The summed E-state index contributed by atoms with van der Waals surface area (Å²) in [7, 11) is 0. The fraction of sp³-hybridized carbons (Fsp3) is 0.214. The first-order chi connectivity index (χ1) is 8.88. The Hall–Kier alpha value is -1.52. The zero-order valence-corrected chi connectivity index (χ0v) is 11.0. The highest BCUT2D eigenvalue weighted by Crippen LogP contribution is 2.28. The Morgan fingerprint density at radius 2 is 1.95 bits per heavy atom. The van der Waals surface area contributed by atoms with Crippen molar-refractivity contribution in [1.82, 2.24) is 4.98 Å². The van der Waals surface area contributed by atoms with Gasteiger partial charge in [-0.05, 0) is 30.7 Å². The molecule has 0 saturated heterocycles. The molecule has 0 bridgehead atoms. The summed E-state index contributed by atoms with van der Waals surface area (Å²) < 4.78 is 26.1. The highest BCUT2D eigenvalue weighted by molar-refractivity contribution is 6.31. The molecule has 1 heterocycles. The monoisotopic (exact) mass is 283 g/mol. The van der Waals surface area contributed by atoms with Gasteiger partial charge in [-0.3, -0.25) is 4.98 Å². The van der Waals surface area contributed by atoms with Crippen LogP contribution in [0.25, 0.3) is 0 Å². The van der Waals surface area contributed by atoms with Gasteiger partial charge in [-0.2, -0.15) is 0 Å². The first-order valence-corrected chi connectivity index (χ1v) is 6.03. The maximum Gasteiger partial charge on any atom is 0.141 e. The van der Waals surface area contributed by atoms with E-state index < -0.39 is 17.2 Å². The Balaban J connectivity index is 2.30. The molecular weight excluding hydrogens is 272 g/mol. The Labute approximate surface area is 114 Å². The molecule has 0 spiro atoms. The van der Waals surface area contributed by atoms with Crippen LogP contribution in [0.4, 0.5) is 8.78 Å². The van der Waals surface area contributed by atoms with Crippen molar-refractivity contribution in [1.29, 1.82) is 0 Å². The minimum Gasteiger partial charge on any atom is -0.385 e. The van der Waals surface area contributed by atoms with E-state index in [0.29, 0.717) is 11.1 Å². The van der Waals surface area contributed by atoms with Gasteiger partial charge >= 0.3 is 0 Å². The molecule has 1 unspecified atom stereocenters. The minimum atomic E-state index is -1.34. The predicted molar refractivity (Wildman–Crippen MR) is 68.9 cm³/mol. The summed E-state index contributed by atoms with van der Waals surface area (Å²) in [5.74, 6) is -0.969. The number of halogens is 3. The first-order valence-electron chi connectivity index (χ1n) is 5.66. The second-order valence-electron chi connectivity index (χ2n) is 4.58. The standard InChI is InChI=1S/C14H12ClF2NO/c1-14(19,10-4-12(17)8-18-7-10)6-9-2-3-11(16)5-13(9)15/h2-5,7-8,19H,6H2,1H3. The molecule has 1 aromatic heterocycles. The predicted octanol–water partition coefficient (Wildman–Crippen LogP) is 3.46. The summed E-state index contributed by atoms with van der Waals surface area (Å²) in [4.78, 5) is 3.70. The molecule has 2 nitrogen and oxygen atoms in total. The van der Waals surface area contributed by atoms with E-state index in [1.807, 2.05) is 0 Å². The van der Waals surface area contributed by atoms with Crippen LogP contribution in [0.3, 0.4) is 0 Å². The average Bonchev–Trinajstić information content (AvgIpc) is 2.33. The molecule has 1 aromatic carbocycles. The summed E-state index contributed by atoms with van der Waals surface area (Å²) in [6, 6.07) is 5.15. The fourth-order valence-corrected chi connectivity index (χ4v) is 2.08. The molecular formula is C14H12ClF2NO. The molecule has 19 heavy (non-hydrogen) atoms. The third-order valence-electron chi connectivity index (χ3n) is 2.88. The van der Waals surface area contributed by atoms with Gasteiger partial charge in [-0.15, -0.1) is 0 Å². The van der Waals surface area contributed by atoms with E-state index in [-0.39, 0.29) is 11.4 Å². The number of nitrogens with zero attached hydrogens (tertiary/aromatic N) is 1. The molecule has 100 valence electrons. The van der Waals surface area contributed by atoms with Crippen LogP contribution < -0.4 is 0 Å². The minimum absolute atomic E-state index is 0.136. The third-order valence-corrected chi connectivity index (χ3v) is 3.23. The fourth-order valence-electron chi connectivity index (χ4n) is 1.84. The van der Waals surface area contributed by atoms with Gasteiger partial charge in [0.25, 0.3) is 0 Å². The lowest BCUT2D eigenvalue weighted by Crippen LogP contribution is -2.24. The molecule has 1 N–H and O–H groups in total. The topological polar surface area (TPSA) is 33.1 Å². The van der Waals surface area contributed by atoms with Crippen LogP contribution in [0.1, 0.15) is 18.1 Å². The Morgan fingerprint density at radius 1 is 1.21 bits per heavy atom. The number of aromatic nitrogens is 1. The number of aliphatic hydroxyl groups is 1. The molecule has 1 atom stereocenters. The summed E-state index contributed by atoms with van der Waals surface area (Å²) in [5.41, 5.74) is -0.415. The van der Waals surface area contributed by atoms with E-state index in [0.717, 1.165) is 6.20 Å². The molecule has 0 amide bonds. The summed E-state index contributed by atoms with van der Waals surface area (Å²) in [5, 5.41) is 10.6. The quantitative estimate of drug-likeness (QED) is 0.936. The van der Waals surface area contributed by atoms with Crippen LogP contribution in [-0.2, 0) is 12.0 Å². The van der Waals surface area contributed by atoms with Crippen molar-refractivity contribution in [2.24, 2.45) is 0 Å². The molecule has 0 radical (unpaired) electrons. The largest absolute Gasteiger partial charge is 0.385 e. The molecule has 5 heteroatoms. The number of rotatable bonds is 3. The van der Waals surface area contributed by atoms with Crippen molar-refractivity contribution in [2.75, 3.05) is 0 Å². The highest BCUT2D eigenvalue weighted by atomic mass is 35.5. The third kappa shape index (κ3) is 3.28. The van der Waals surface area contributed by atoms with Crippen molar-refractivity contribution in [2.45, 2.75) is 18.9 Å². The lowest BCUT2D eigenvalue weighted by Gasteiger charge is -2.24. The average molecular weight is 284 g/mol. The van der Waals surface area contributed by atoms with E-state index in [9.17, 15) is 13.9 Å². The molecule has 2 aromatic rings. The second kappa shape index (κ2) is 5.23. The number of pyridine rings is 1. The number of hydrogen-bond acceptors (Lipinski definition) is 2. The van der Waals surface area contributed by atoms with Crippen LogP contribution in [0, 0.1) is 11.6 Å². The van der Waals surface area contributed by atoms with Gasteiger partial charge in [-0.25, -0.2) is 8.78 Å². The molecule has 0 aliphatic heterocycles. The SMILES string of the molecule is CC(O)(Cc1ccc(F)cc1Cl)c1cncc(F)c1. The lowest BCUT2D eigenvalue weighted by atomic mass is 9.90. The van der Waals surface area contributed by atoms with Gasteiger partial charge in [0.2, 0.25) is 0 Å². The zero-order chi connectivity index (χ0) is 14.0. The van der Waals surface area contributed by atoms with Crippen molar-refractivity contribution in [3.63, 3.8) is 0 Å². The second-order valence-corrected chi connectivity index (χ2v) is 4.99. The van der Waals surface area contributed by atoms with Gasteiger partial charge in [0.05, 0.1) is 11.8 Å². The summed E-state index contributed by atoms with van der Waals surface area (Å²) in [6.07, 6.45) is 2.59. The smallest absolute Gasteiger partial charge is 0.141 e. The summed E-state index contributed by atoms with van der Waals surface area (Å²) >= 11 is 5.91. The maximum absolute atomic E-state index is 13.1. The Morgan fingerprint density at radius 3 is 2.58 bits per heavy atom. The molecule has 0 fully saturated rings.